The molecule has 2 aromatic heterocycles. The van der Waals surface area contributed by atoms with E-state index in [4.69, 9.17) is 4.74 Å². The van der Waals surface area contributed by atoms with Crippen LogP contribution in [0.1, 0.15) is 25.5 Å². The van der Waals surface area contributed by atoms with E-state index in [-0.39, 0.29) is 35.8 Å². The van der Waals surface area contributed by atoms with Crippen molar-refractivity contribution in [3.05, 3.63) is 45.8 Å². The van der Waals surface area contributed by atoms with Crippen molar-refractivity contribution in [3.63, 3.8) is 0 Å². The highest BCUT2D eigenvalue weighted by Crippen LogP contribution is 2.36. The fourth-order valence-corrected chi connectivity index (χ4v) is 4.28. The minimum atomic E-state index is -1.01. The second kappa shape index (κ2) is 6.73. The summed E-state index contributed by atoms with van der Waals surface area (Å²) < 4.78 is 6.62. The lowest BCUT2D eigenvalue weighted by Crippen LogP contribution is -2.44. The maximum absolute atomic E-state index is 12.5. The Balaban J connectivity index is 1.45. The largest absolute Gasteiger partial charge is 0.458 e. The molecule has 9 heteroatoms. The molecule has 2 aromatic rings. The number of thiazole rings is 1. The summed E-state index contributed by atoms with van der Waals surface area (Å²) in [4.78, 5) is 55.2. The van der Waals surface area contributed by atoms with Crippen molar-refractivity contribution >= 4 is 34.1 Å². The van der Waals surface area contributed by atoms with E-state index < -0.39 is 12.0 Å². The minimum Gasteiger partial charge on any atom is -0.458 e. The lowest BCUT2D eigenvalue weighted by molar-refractivity contribution is -0.159. The number of aromatic nitrogens is 2. The number of ether oxygens (including phenoxy) is 1. The molecular formula is C18H17N3O5S. The molecule has 2 aliphatic rings. The lowest BCUT2D eigenvalue weighted by Gasteiger charge is -2.21. The predicted octanol–water partition coefficient (Wildman–Crippen LogP) is 1.14. The maximum atomic E-state index is 12.5. The number of hydrogen-bond donors (Lipinski definition) is 0. The van der Waals surface area contributed by atoms with Crippen LogP contribution in [0.15, 0.2) is 34.6 Å². The second-order valence-electron chi connectivity index (χ2n) is 6.63. The Kier molecular flexibility index (Phi) is 4.39. The third-order valence-corrected chi connectivity index (χ3v) is 5.75. The van der Waals surface area contributed by atoms with Gasteiger partial charge in [-0.3, -0.25) is 23.7 Å². The van der Waals surface area contributed by atoms with Crippen molar-refractivity contribution in [3.8, 4) is 0 Å². The number of carbonyl (C=O) groups is 3. The van der Waals surface area contributed by atoms with Crippen LogP contribution in [0.5, 0.6) is 0 Å². The topological polar surface area (TPSA) is 98.1 Å². The van der Waals surface area contributed by atoms with Gasteiger partial charge in [0, 0.05) is 17.6 Å². The van der Waals surface area contributed by atoms with Gasteiger partial charge in [0.2, 0.25) is 11.8 Å². The molecular weight excluding hydrogens is 370 g/mol. The number of imide groups is 1. The number of allylic oxidation sites excluding steroid dienone is 2. The molecule has 8 nitrogen and oxygen atoms in total. The summed E-state index contributed by atoms with van der Waals surface area (Å²) in [6.45, 7) is 1.28. The average molecular weight is 387 g/mol. The number of rotatable bonds is 4. The van der Waals surface area contributed by atoms with E-state index in [0.29, 0.717) is 23.5 Å². The van der Waals surface area contributed by atoms with Crippen LogP contribution in [0.4, 0.5) is 0 Å². The van der Waals surface area contributed by atoms with Crippen LogP contribution >= 0.6 is 11.3 Å². The first-order chi connectivity index (χ1) is 13.0. The van der Waals surface area contributed by atoms with Crippen molar-refractivity contribution in [2.45, 2.75) is 32.4 Å². The van der Waals surface area contributed by atoms with Crippen molar-refractivity contribution in [1.82, 2.24) is 14.3 Å². The van der Waals surface area contributed by atoms with Gasteiger partial charge in [0.15, 0.2) is 4.96 Å². The van der Waals surface area contributed by atoms with Gasteiger partial charge in [-0.2, -0.15) is 0 Å². The molecule has 1 fully saturated rings. The molecule has 4 rings (SSSR count). The van der Waals surface area contributed by atoms with Crippen LogP contribution in [-0.2, 0) is 25.7 Å². The SMILES string of the molecule is C[C@@H](C(=O)OCc1cc(=O)n2ccsc2n1)N1C(=O)[C@H]2CC=CC[C@@H]2C1=O. The summed E-state index contributed by atoms with van der Waals surface area (Å²) in [6, 6.07) is 0.284. The van der Waals surface area contributed by atoms with Gasteiger partial charge in [0.05, 0.1) is 17.5 Å². The number of nitrogens with zero attached hydrogens (tertiary/aromatic N) is 3. The summed E-state index contributed by atoms with van der Waals surface area (Å²) in [6.07, 6.45) is 6.43. The zero-order chi connectivity index (χ0) is 19.1. The first-order valence-electron chi connectivity index (χ1n) is 8.61. The average Bonchev–Trinajstić information content (AvgIpc) is 3.23. The molecule has 3 heterocycles. The Morgan fingerprint density at radius 3 is 2.59 bits per heavy atom. The molecule has 0 aromatic carbocycles. The van der Waals surface area contributed by atoms with Gasteiger partial charge in [-0.05, 0) is 19.8 Å². The van der Waals surface area contributed by atoms with Crippen molar-refractivity contribution in [2.24, 2.45) is 11.8 Å². The van der Waals surface area contributed by atoms with Gasteiger partial charge in [0.1, 0.15) is 12.6 Å². The fraction of sp³-hybridized carbons (Fsp3) is 0.389. The standard InChI is InChI=1S/C18H17N3O5S/c1-10(21-15(23)12-4-2-3-5-13(12)16(21)24)17(25)26-9-11-8-14(22)20-6-7-27-18(20)19-11/h2-3,6-8,10,12-13H,4-5,9H2,1H3/t10-,12-,13-/m0/s1. The Morgan fingerprint density at radius 1 is 1.26 bits per heavy atom. The van der Waals surface area contributed by atoms with E-state index in [9.17, 15) is 19.2 Å². The van der Waals surface area contributed by atoms with Gasteiger partial charge < -0.3 is 4.74 Å². The number of likely N-dealkylation sites (tertiary alicyclic amines) is 1. The number of fused-ring (bicyclic) bond motifs is 2. The molecule has 27 heavy (non-hydrogen) atoms. The van der Waals surface area contributed by atoms with Crippen LogP contribution in [0.2, 0.25) is 0 Å². The molecule has 0 spiro atoms. The highest BCUT2D eigenvalue weighted by atomic mass is 32.1. The molecule has 0 bridgehead atoms. The summed E-state index contributed by atoms with van der Waals surface area (Å²) in [5, 5.41) is 1.74. The molecule has 1 aliphatic heterocycles. The molecule has 0 unspecified atom stereocenters. The third kappa shape index (κ3) is 2.97. The molecule has 140 valence electrons. The highest BCUT2D eigenvalue weighted by molar-refractivity contribution is 7.15. The Labute approximate surface area is 158 Å². The van der Waals surface area contributed by atoms with Crippen molar-refractivity contribution < 1.29 is 19.1 Å². The first-order valence-corrected chi connectivity index (χ1v) is 9.49. The van der Waals surface area contributed by atoms with E-state index in [2.05, 4.69) is 4.98 Å². The number of hydrogen-bond acceptors (Lipinski definition) is 7. The van der Waals surface area contributed by atoms with E-state index in [0.717, 1.165) is 4.90 Å². The second-order valence-corrected chi connectivity index (χ2v) is 7.50. The van der Waals surface area contributed by atoms with E-state index in [1.165, 1.54) is 28.7 Å². The third-order valence-electron chi connectivity index (χ3n) is 4.99. The lowest BCUT2D eigenvalue weighted by atomic mass is 9.85. The van der Waals surface area contributed by atoms with Crippen molar-refractivity contribution in [1.29, 1.82) is 0 Å². The zero-order valence-electron chi connectivity index (χ0n) is 14.5. The maximum Gasteiger partial charge on any atom is 0.329 e. The first kappa shape index (κ1) is 17.6. The monoisotopic (exact) mass is 387 g/mol. The number of amides is 2. The molecule has 3 atom stereocenters. The van der Waals surface area contributed by atoms with E-state index in [1.54, 1.807) is 11.6 Å². The Morgan fingerprint density at radius 2 is 1.93 bits per heavy atom. The predicted molar refractivity (Wildman–Crippen MR) is 95.8 cm³/mol. The minimum absolute atomic E-state index is 0.197. The molecule has 1 aliphatic carbocycles. The van der Waals surface area contributed by atoms with Crippen molar-refractivity contribution in [2.75, 3.05) is 0 Å². The highest BCUT2D eigenvalue weighted by Gasteiger charge is 2.50. The van der Waals surface area contributed by atoms with Crippen LogP contribution < -0.4 is 5.56 Å². The van der Waals surface area contributed by atoms with Crippen LogP contribution in [0, 0.1) is 11.8 Å². The van der Waals surface area contributed by atoms with E-state index >= 15 is 0 Å². The Hall–Kier alpha value is -2.81. The molecule has 2 amide bonds. The molecule has 0 saturated carbocycles. The smallest absolute Gasteiger partial charge is 0.329 e. The van der Waals surface area contributed by atoms with Crippen LogP contribution in [0.3, 0.4) is 0 Å². The van der Waals surface area contributed by atoms with Gasteiger partial charge in [-0.15, -0.1) is 11.3 Å². The van der Waals surface area contributed by atoms with Crippen LogP contribution in [-0.4, -0.2) is 38.1 Å². The van der Waals surface area contributed by atoms with Crippen LogP contribution in [0.25, 0.3) is 4.96 Å². The summed E-state index contributed by atoms with van der Waals surface area (Å²) in [7, 11) is 0. The zero-order valence-corrected chi connectivity index (χ0v) is 15.3. The Bertz CT molecular complexity index is 997. The quantitative estimate of drug-likeness (QED) is 0.443. The number of carbonyl (C=O) groups excluding carboxylic acids is 3. The summed E-state index contributed by atoms with van der Waals surface area (Å²) in [5.41, 5.74) is 0.0572. The van der Waals surface area contributed by atoms with Gasteiger partial charge in [-0.1, -0.05) is 12.2 Å². The van der Waals surface area contributed by atoms with E-state index in [1.807, 2.05) is 12.2 Å². The van der Waals surface area contributed by atoms with Gasteiger partial charge in [-0.25, -0.2) is 9.78 Å². The summed E-state index contributed by atoms with van der Waals surface area (Å²) >= 11 is 1.30. The molecule has 1 saturated heterocycles. The van der Waals surface area contributed by atoms with Gasteiger partial charge >= 0.3 is 5.97 Å². The number of esters is 1. The summed E-state index contributed by atoms with van der Waals surface area (Å²) in [5.74, 6) is -2.12. The van der Waals surface area contributed by atoms with Gasteiger partial charge in [0.25, 0.3) is 5.56 Å². The normalized spacial score (nSPS) is 22.9. The molecule has 0 N–H and O–H groups in total. The fourth-order valence-electron chi connectivity index (χ4n) is 3.54. The molecule has 0 radical (unpaired) electrons.